The van der Waals surface area contributed by atoms with Crippen LogP contribution >= 0.6 is 7.82 Å². The van der Waals surface area contributed by atoms with E-state index < -0.39 is 43.9 Å². The van der Waals surface area contributed by atoms with E-state index in [9.17, 15) is 28.5 Å². The van der Waals surface area contributed by atoms with Crippen molar-refractivity contribution < 1.29 is 47.6 Å². The highest BCUT2D eigenvalue weighted by atomic mass is 31.2. The third-order valence-electron chi connectivity index (χ3n) is 8.01. The summed E-state index contributed by atoms with van der Waals surface area (Å²) in [5.74, 6) is -1.93. The topological polar surface area (TPSA) is 227 Å². The molecule has 0 bridgehead atoms. The minimum absolute atomic E-state index is 0.0428. The van der Waals surface area contributed by atoms with Crippen LogP contribution in [0.1, 0.15) is 56.1 Å². The summed E-state index contributed by atoms with van der Waals surface area (Å²) in [6, 6.07) is 11.6. The number of carbonyl (C=O) groups is 5. The molecule has 2 fully saturated rings. The minimum atomic E-state index is -4.77. The molecule has 7 N–H and O–H groups in total. The van der Waals surface area contributed by atoms with Crippen LogP contribution in [0, 0.1) is 0 Å². The van der Waals surface area contributed by atoms with Gasteiger partial charge in [0, 0.05) is 25.4 Å². The number of hydrogen-bond donors (Lipinski definition) is 6. The summed E-state index contributed by atoms with van der Waals surface area (Å²) in [7, 11) is -4.77. The molecule has 4 atom stereocenters. The summed E-state index contributed by atoms with van der Waals surface area (Å²) in [4.78, 5) is 84.0. The summed E-state index contributed by atoms with van der Waals surface area (Å²) in [5, 5.41) is 8.12. The number of carbonyl (C=O) groups excluding carboxylic acids is 5. The second-order valence-electron chi connectivity index (χ2n) is 11.5. The molecule has 5 amide bonds. The number of rotatable bonds is 14. The first-order chi connectivity index (χ1) is 22.4. The highest BCUT2D eigenvalue weighted by Crippen LogP contribution is 2.37. The van der Waals surface area contributed by atoms with Crippen molar-refractivity contribution in [3.05, 3.63) is 65.7 Å². The summed E-state index contributed by atoms with van der Waals surface area (Å²) < 4.78 is 21.1. The van der Waals surface area contributed by atoms with E-state index in [0.717, 1.165) is 5.56 Å². The van der Waals surface area contributed by atoms with E-state index in [1.165, 1.54) is 24.3 Å². The number of benzene rings is 2. The second-order valence-corrected chi connectivity index (χ2v) is 12.7. The monoisotopic (exact) mass is 673 g/mol. The van der Waals surface area contributed by atoms with Crippen molar-refractivity contribution in [3.8, 4) is 5.75 Å². The Morgan fingerprint density at radius 2 is 1.70 bits per heavy atom. The lowest BCUT2D eigenvalue weighted by Gasteiger charge is -2.31. The van der Waals surface area contributed by atoms with Crippen molar-refractivity contribution in [3.63, 3.8) is 0 Å². The number of alkyl carbamates (subject to hydrolysis) is 1. The number of primary amides is 1. The first-order valence-electron chi connectivity index (χ1n) is 15.4. The van der Waals surface area contributed by atoms with E-state index in [0.29, 0.717) is 44.1 Å². The van der Waals surface area contributed by atoms with Crippen molar-refractivity contribution >= 4 is 37.5 Å². The molecule has 2 aliphatic rings. The molecule has 0 aliphatic carbocycles. The van der Waals surface area contributed by atoms with Gasteiger partial charge < -0.3 is 35.8 Å². The van der Waals surface area contributed by atoms with Crippen molar-refractivity contribution in [2.45, 2.75) is 82.1 Å². The molecule has 0 aromatic heterocycles. The van der Waals surface area contributed by atoms with Gasteiger partial charge in [-0.25, -0.2) is 9.36 Å². The van der Waals surface area contributed by atoms with Gasteiger partial charge in [-0.3, -0.25) is 29.0 Å². The molecule has 16 heteroatoms. The van der Waals surface area contributed by atoms with Gasteiger partial charge in [-0.05, 0) is 61.8 Å². The molecule has 0 saturated carbocycles. The molecule has 2 aromatic rings. The van der Waals surface area contributed by atoms with Crippen molar-refractivity contribution in [2.75, 3.05) is 6.54 Å². The Morgan fingerprint density at radius 1 is 0.979 bits per heavy atom. The highest BCUT2D eigenvalue weighted by Gasteiger charge is 2.45. The quantitative estimate of drug-likeness (QED) is 0.125. The minimum Gasteiger partial charge on any atom is -0.445 e. The Hall–Kier alpha value is -4.46. The number of nitrogens with two attached hydrogens (primary N) is 1. The van der Waals surface area contributed by atoms with Crippen LogP contribution in [0.25, 0.3) is 0 Å². The fraction of sp³-hybridized carbons (Fsp3) is 0.452. The Kier molecular flexibility index (Phi) is 12.3. The zero-order chi connectivity index (χ0) is 34.0. The van der Waals surface area contributed by atoms with Gasteiger partial charge >= 0.3 is 13.9 Å². The maximum absolute atomic E-state index is 13.8. The molecule has 254 valence electrons. The van der Waals surface area contributed by atoms with E-state index >= 15 is 0 Å². The fourth-order valence-corrected chi connectivity index (χ4v) is 6.19. The Morgan fingerprint density at radius 3 is 2.38 bits per heavy atom. The van der Waals surface area contributed by atoms with Crippen molar-refractivity contribution in [2.24, 2.45) is 5.73 Å². The van der Waals surface area contributed by atoms with Crippen molar-refractivity contribution in [1.82, 2.24) is 20.9 Å². The van der Waals surface area contributed by atoms with Crippen LogP contribution in [-0.4, -0.2) is 75.1 Å². The Labute approximate surface area is 271 Å². The standard InChI is InChI=1S/C31H40N5O10P/c32-27(37)10-5-17-33-29(39)26-16-13-22-8-4-9-24(30(40)36(22)26)34-28(38)25(35-31(41)45-19-21-6-2-1-3-7-21)18-20-11-14-23(15-12-20)46-47(42,43)44/h1-3,6-7,11-12,14-15,22,24-26H,4-5,8-10,13,16-19H2,(H2,32,37)(H,33,39)(H,34,38)(H,35,41)(H2,42,43,44)/t22?,24-,25+,26+/m1/s1. The largest absolute Gasteiger partial charge is 0.524 e. The van der Waals surface area contributed by atoms with Crippen LogP contribution in [0.15, 0.2) is 54.6 Å². The molecule has 47 heavy (non-hydrogen) atoms. The van der Waals surface area contributed by atoms with E-state index in [-0.39, 0.29) is 49.6 Å². The smallest absolute Gasteiger partial charge is 0.445 e. The molecule has 0 radical (unpaired) electrons. The van der Waals surface area contributed by atoms with Gasteiger partial charge in [-0.1, -0.05) is 42.5 Å². The van der Waals surface area contributed by atoms with E-state index in [2.05, 4.69) is 20.5 Å². The van der Waals surface area contributed by atoms with E-state index in [1.807, 2.05) is 6.07 Å². The van der Waals surface area contributed by atoms with Gasteiger partial charge in [-0.2, -0.15) is 0 Å². The lowest BCUT2D eigenvalue weighted by molar-refractivity contribution is -0.142. The summed E-state index contributed by atoms with van der Waals surface area (Å²) in [6.45, 7) is 0.199. The molecule has 0 spiro atoms. The molecule has 2 saturated heterocycles. The molecule has 2 aliphatic heterocycles. The van der Waals surface area contributed by atoms with Gasteiger partial charge in [0.05, 0.1) is 0 Å². The van der Waals surface area contributed by atoms with Gasteiger partial charge in [0.2, 0.25) is 23.6 Å². The number of nitrogens with one attached hydrogen (secondary N) is 3. The number of phosphoric ester groups is 1. The average molecular weight is 674 g/mol. The van der Waals surface area contributed by atoms with Gasteiger partial charge in [0.15, 0.2) is 0 Å². The van der Waals surface area contributed by atoms with Gasteiger partial charge in [-0.15, -0.1) is 0 Å². The summed E-state index contributed by atoms with van der Waals surface area (Å²) in [5.41, 5.74) is 6.42. The van der Waals surface area contributed by atoms with Crippen LogP contribution in [0.5, 0.6) is 5.75 Å². The Bertz CT molecular complexity index is 1470. The van der Waals surface area contributed by atoms with E-state index in [4.69, 9.17) is 20.3 Å². The van der Waals surface area contributed by atoms with Gasteiger partial charge in [0.25, 0.3) is 0 Å². The SMILES string of the molecule is NC(=O)CCCNC(=O)[C@@H]1CCC2CCC[C@@H](NC(=O)[C@H](Cc3ccc(OP(=O)(O)O)cc3)NC(=O)OCc3ccccc3)C(=O)N21. The van der Waals surface area contributed by atoms with Crippen LogP contribution in [0.4, 0.5) is 4.79 Å². The highest BCUT2D eigenvalue weighted by molar-refractivity contribution is 7.46. The number of hydrogen-bond acceptors (Lipinski definition) is 8. The molecule has 2 aromatic carbocycles. The zero-order valence-corrected chi connectivity index (χ0v) is 26.6. The lowest BCUT2D eigenvalue weighted by atomic mass is 10.0. The number of phosphoric acid groups is 1. The summed E-state index contributed by atoms with van der Waals surface area (Å²) >= 11 is 0. The first-order valence-corrected chi connectivity index (χ1v) is 16.9. The normalized spacial score (nSPS) is 19.9. The van der Waals surface area contributed by atoms with Crippen LogP contribution in [0.3, 0.4) is 0 Å². The molecular weight excluding hydrogens is 633 g/mol. The van der Waals surface area contributed by atoms with Gasteiger partial charge in [0.1, 0.15) is 30.5 Å². The predicted molar refractivity (Wildman–Crippen MR) is 167 cm³/mol. The molecule has 4 rings (SSSR count). The predicted octanol–water partition coefficient (Wildman–Crippen LogP) is 1.41. The number of nitrogens with zero attached hydrogens (tertiary/aromatic N) is 1. The number of fused-ring (bicyclic) bond motifs is 1. The third-order valence-corrected chi connectivity index (χ3v) is 8.46. The van der Waals surface area contributed by atoms with Crippen LogP contribution in [-0.2, 0) is 41.5 Å². The second kappa shape index (κ2) is 16.4. The maximum atomic E-state index is 13.8. The maximum Gasteiger partial charge on any atom is 0.524 e. The van der Waals surface area contributed by atoms with Crippen LogP contribution in [0.2, 0.25) is 0 Å². The van der Waals surface area contributed by atoms with Crippen molar-refractivity contribution in [1.29, 1.82) is 0 Å². The lowest BCUT2D eigenvalue weighted by Crippen LogP contribution is -2.57. The number of amides is 5. The van der Waals surface area contributed by atoms with Crippen LogP contribution < -0.4 is 26.2 Å². The molecule has 1 unspecified atom stereocenters. The molecule has 15 nitrogen and oxygen atoms in total. The van der Waals surface area contributed by atoms with E-state index in [1.54, 1.807) is 29.2 Å². The average Bonchev–Trinajstić information content (AvgIpc) is 3.39. The summed E-state index contributed by atoms with van der Waals surface area (Å²) in [6.07, 6.45) is 2.34. The number of ether oxygens (including phenoxy) is 1. The fourth-order valence-electron chi connectivity index (χ4n) is 5.79. The first kappa shape index (κ1) is 35.4. The molecular formula is C31H40N5O10P. The molecule has 2 heterocycles. The zero-order valence-electron chi connectivity index (χ0n) is 25.7. The third kappa shape index (κ3) is 10.8. The Balaban J connectivity index is 1.45.